The summed E-state index contributed by atoms with van der Waals surface area (Å²) in [6.45, 7) is 2.26. The summed E-state index contributed by atoms with van der Waals surface area (Å²) < 4.78 is 3.05. The molecule has 0 aliphatic heterocycles. The van der Waals surface area contributed by atoms with Crippen molar-refractivity contribution in [3.05, 3.63) is 63.5 Å². The summed E-state index contributed by atoms with van der Waals surface area (Å²) in [5, 5.41) is 5.49. The first-order valence-corrected chi connectivity index (χ1v) is 8.83. The number of imidazole rings is 1. The molecule has 0 spiro atoms. The van der Waals surface area contributed by atoms with Gasteiger partial charge in [0.1, 0.15) is 6.54 Å². The highest BCUT2D eigenvalue weighted by Gasteiger charge is 2.15. The number of para-hydroxylation sites is 2. The van der Waals surface area contributed by atoms with Gasteiger partial charge in [-0.3, -0.25) is 18.7 Å². The minimum Gasteiger partial charge on any atom is -0.355 e. The predicted octanol–water partition coefficient (Wildman–Crippen LogP) is 2.47. The molecular formula is C19H19ClN4O3. The van der Waals surface area contributed by atoms with Gasteiger partial charge in [0.2, 0.25) is 5.91 Å². The van der Waals surface area contributed by atoms with Crippen molar-refractivity contribution >= 4 is 40.1 Å². The van der Waals surface area contributed by atoms with Crippen molar-refractivity contribution in [3.63, 3.8) is 0 Å². The Balaban J connectivity index is 1.87. The van der Waals surface area contributed by atoms with Crippen LogP contribution in [0.1, 0.15) is 17.3 Å². The molecule has 0 saturated carbocycles. The van der Waals surface area contributed by atoms with Gasteiger partial charge in [0.15, 0.2) is 0 Å². The molecule has 0 bridgehead atoms. The number of carbonyl (C=O) groups excluding carboxylic acids is 2. The van der Waals surface area contributed by atoms with Gasteiger partial charge in [-0.2, -0.15) is 0 Å². The van der Waals surface area contributed by atoms with E-state index in [1.165, 1.54) is 23.7 Å². The number of nitrogens with one attached hydrogen (secondary N) is 2. The second-order valence-electron chi connectivity index (χ2n) is 5.92. The number of fused-ring (bicyclic) bond motifs is 1. The van der Waals surface area contributed by atoms with Crippen LogP contribution in [0.25, 0.3) is 11.0 Å². The van der Waals surface area contributed by atoms with Crippen LogP contribution in [0.15, 0.2) is 47.3 Å². The van der Waals surface area contributed by atoms with Gasteiger partial charge in [-0.15, -0.1) is 0 Å². The summed E-state index contributed by atoms with van der Waals surface area (Å²) in [6.07, 6.45) is 0. The lowest BCUT2D eigenvalue weighted by Gasteiger charge is -2.09. The SMILES string of the molecule is CCn1c(=O)n(CC(=O)Nc2ccc(Cl)c(C(=O)NC)c2)c2ccccc21. The number of anilines is 1. The minimum atomic E-state index is -0.374. The van der Waals surface area contributed by atoms with E-state index in [9.17, 15) is 14.4 Å². The standard InChI is InChI=1S/C19H19ClN4O3/c1-3-23-15-6-4-5-7-16(15)24(19(23)27)11-17(25)22-12-8-9-14(20)13(10-12)18(26)21-2/h4-10H,3,11H2,1-2H3,(H,21,26)(H,22,25). The Bertz CT molecular complexity index is 1080. The normalized spacial score (nSPS) is 10.8. The Labute approximate surface area is 160 Å². The first-order valence-electron chi connectivity index (χ1n) is 8.45. The van der Waals surface area contributed by atoms with Crippen molar-refractivity contribution in [3.8, 4) is 0 Å². The van der Waals surface area contributed by atoms with Crippen molar-refractivity contribution in [2.75, 3.05) is 12.4 Å². The quantitative estimate of drug-likeness (QED) is 0.706. The number of rotatable bonds is 5. The zero-order chi connectivity index (χ0) is 19.6. The number of hydrogen-bond donors (Lipinski definition) is 2. The summed E-state index contributed by atoms with van der Waals surface area (Å²) in [6, 6.07) is 12.0. The number of halogens is 1. The van der Waals surface area contributed by atoms with Crippen molar-refractivity contribution in [1.82, 2.24) is 14.5 Å². The maximum atomic E-state index is 12.6. The van der Waals surface area contributed by atoms with E-state index in [0.29, 0.717) is 17.7 Å². The fraction of sp³-hybridized carbons (Fsp3) is 0.211. The smallest absolute Gasteiger partial charge is 0.329 e. The molecule has 2 aromatic carbocycles. The second kappa shape index (κ2) is 7.67. The molecule has 140 valence electrons. The fourth-order valence-corrected chi connectivity index (χ4v) is 3.19. The van der Waals surface area contributed by atoms with Crippen molar-refractivity contribution in [2.45, 2.75) is 20.0 Å². The van der Waals surface area contributed by atoms with Gasteiger partial charge in [0.25, 0.3) is 5.91 Å². The van der Waals surface area contributed by atoms with Gasteiger partial charge in [-0.05, 0) is 37.3 Å². The Morgan fingerprint density at radius 2 is 1.74 bits per heavy atom. The Hall–Kier alpha value is -3.06. The molecular weight excluding hydrogens is 368 g/mol. The maximum absolute atomic E-state index is 12.6. The second-order valence-corrected chi connectivity index (χ2v) is 6.33. The third-order valence-electron chi connectivity index (χ3n) is 4.26. The minimum absolute atomic E-state index is 0.135. The first kappa shape index (κ1) is 18.7. The summed E-state index contributed by atoms with van der Waals surface area (Å²) in [7, 11) is 1.50. The lowest BCUT2D eigenvalue weighted by molar-refractivity contribution is -0.116. The average Bonchev–Trinajstić information content (AvgIpc) is 2.94. The Kier molecular flexibility index (Phi) is 5.32. The van der Waals surface area contributed by atoms with Gasteiger partial charge in [0.05, 0.1) is 21.6 Å². The van der Waals surface area contributed by atoms with Gasteiger partial charge < -0.3 is 10.6 Å². The zero-order valence-electron chi connectivity index (χ0n) is 15.0. The van der Waals surface area contributed by atoms with Crippen LogP contribution in [-0.4, -0.2) is 28.0 Å². The van der Waals surface area contributed by atoms with Crippen LogP contribution < -0.4 is 16.3 Å². The average molecular weight is 387 g/mol. The van der Waals surface area contributed by atoms with Gasteiger partial charge in [-0.25, -0.2) is 4.79 Å². The lowest BCUT2D eigenvalue weighted by Crippen LogP contribution is -2.29. The number of amides is 2. The molecule has 0 radical (unpaired) electrons. The summed E-state index contributed by atoms with van der Waals surface area (Å²) in [5.74, 6) is -0.723. The van der Waals surface area contributed by atoms with Gasteiger partial charge in [0, 0.05) is 19.3 Å². The number of aromatic nitrogens is 2. The van der Waals surface area contributed by atoms with Crippen LogP contribution in [0.3, 0.4) is 0 Å². The molecule has 0 atom stereocenters. The number of benzene rings is 2. The summed E-state index contributed by atoms with van der Waals surface area (Å²) >= 11 is 6.02. The van der Waals surface area contributed by atoms with E-state index in [1.807, 2.05) is 31.2 Å². The number of aryl methyl sites for hydroxylation is 1. The van der Waals surface area contributed by atoms with E-state index in [4.69, 9.17) is 11.6 Å². The summed E-state index contributed by atoms with van der Waals surface area (Å²) in [4.78, 5) is 36.9. The fourth-order valence-electron chi connectivity index (χ4n) is 2.99. The zero-order valence-corrected chi connectivity index (χ0v) is 15.7. The molecule has 0 aliphatic rings. The molecule has 27 heavy (non-hydrogen) atoms. The third kappa shape index (κ3) is 3.59. The van der Waals surface area contributed by atoms with Crippen LogP contribution in [0.5, 0.6) is 0 Å². The van der Waals surface area contributed by atoms with E-state index in [0.717, 1.165) is 5.52 Å². The monoisotopic (exact) mass is 386 g/mol. The van der Waals surface area contributed by atoms with Crippen LogP contribution in [0.4, 0.5) is 5.69 Å². The van der Waals surface area contributed by atoms with Crippen molar-refractivity contribution in [1.29, 1.82) is 0 Å². The molecule has 8 heteroatoms. The van der Waals surface area contributed by atoms with E-state index >= 15 is 0 Å². The van der Waals surface area contributed by atoms with Gasteiger partial charge in [-0.1, -0.05) is 23.7 Å². The molecule has 3 aromatic rings. The number of carbonyl (C=O) groups is 2. The van der Waals surface area contributed by atoms with Crippen molar-refractivity contribution < 1.29 is 9.59 Å². The van der Waals surface area contributed by atoms with E-state index in [1.54, 1.807) is 10.6 Å². The van der Waals surface area contributed by atoms with E-state index in [-0.39, 0.29) is 34.6 Å². The first-order chi connectivity index (χ1) is 13.0. The highest BCUT2D eigenvalue weighted by Crippen LogP contribution is 2.21. The Morgan fingerprint density at radius 1 is 1.07 bits per heavy atom. The molecule has 2 amide bonds. The topological polar surface area (TPSA) is 85.1 Å². The molecule has 3 rings (SSSR count). The third-order valence-corrected chi connectivity index (χ3v) is 4.59. The Morgan fingerprint density at radius 3 is 2.37 bits per heavy atom. The number of nitrogens with zero attached hydrogens (tertiary/aromatic N) is 2. The van der Waals surface area contributed by atoms with E-state index in [2.05, 4.69) is 10.6 Å². The molecule has 0 saturated heterocycles. The molecule has 0 aliphatic carbocycles. The van der Waals surface area contributed by atoms with Crippen molar-refractivity contribution in [2.24, 2.45) is 0 Å². The van der Waals surface area contributed by atoms with Crippen LogP contribution in [0.2, 0.25) is 5.02 Å². The van der Waals surface area contributed by atoms with Crippen LogP contribution >= 0.6 is 11.6 Å². The largest absolute Gasteiger partial charge is 0.355 e. The maximum Gasteiger partial charge on any atom is 0.329 e. The molecule has 7 nitrogen and oxygen atoms in total. The molecule has 0 unspecified atom stereocenters. The van der Waals surface area contributed by atoms with Crippen LogP contribution in [-0.2, 0) is 17.9 Å². The van der Waals surface area contributed by atoms with Crippen LogP contribution in [0, 0.1) is 0 Å². The highest BCUT2D eigenvalue weighted by molar-refractivity contribution is 6.34. The highest BCUT2D eigenvalue weighted by atomic mass is 35.5. The molecule has 0 fully saturated rings. The number of hydrogen-bond acceptors (Lipinski definition) is 3. The van der Waals surface area contributed by atoms with E-state index < -0.39 is 0 Å². The molecule has 1 heterocycles. The molecule has 2 N–H and O–H groups in total. The van der Waals surface area contributed by atoms with Gasteiger partial charge >= 0.3 is 5.69 Å². The predicted molar refractivity (Wildman–Crippen MR) is 105 cm³/mol. The summed E-state index contributed by atoms with van der Waals surface area (Å²) in [5.41, 5.74) is 1.93. The lowest BCUT2D eigenvalue weighted by atomic mass is 10.2. The molecule has 1 aromatic heterocycles.